The number of aromatic nitrogens is 2. The van der Waals surface area contributed by atoms with E-state index >= 15 is 0 Å². The minimum Gasteiger partial charge on any atom is -0.367 e. The van der Waals surface area contributed by atoms with Crippen molar-refractivity contribution in [2.24, 2.45) is 0 Å². The van der Waals surface area contributed by atoms with Crippen molar-refractivity contribution >= 4 is 34.2 Å². The molecule has 0 saturated heterocycles. The van der Waals surface area contributed by atoms with E-state index in [1.54, 1.807) is 18.3 Å². The van der Waals surface area contributed by atoms with Crippen LogP contribution in [-0.2, 0) is 0 Å². The maximum absolute atomic E-state index is 12.2. The van der Waals surface area contributed by atoms with Crippen LogP contribution in [0.3, 0.4) is 0 Å². The zero-order chi connectivity index (χ0) is 16.9. The fourth-order valence-electron chi connectivity index (χ4n) is 2.35. The van der Waals surface area contributed by atoms with Gasteiger partial charge in [-0.05, 0) is 18.2 Å². The van der Waals surface area contributed by atoms with Crippen molar-refractivity contribution in [1.29, 1.82) is 5.26 Å². The number of H-pyrrole nitrogens is 1. The lowest BCUT2D eigenvalue weighted by molar-refractivity contribution is 0.0951. The lowest BCUT2D eigenvalue weighted by Crippen LogP contribution is -2.29. The normalized spacial score (nSPS) is 10.3. The fraction of sp³-hybridized carbons (Fsp3) is 0.118. The van der Waals surface area contributed by atoms with E-state index in [0.29, 0.717) is 35.2 Å². The quantitative estimate of drug-likeness (QED) is 0.623. The molecular weight excluding hydrogens is 326 g/mol. The summed E-state index contributed by atoms with van der Waals surface area (Å²) in [5, 5.41) is 16.0. The molecule has 0 fully saturated rings. The molecule has 1 aromatic carbocycles. The molecule has 120 valence electrons. The minimum atomic E-state index is -0.278. The molecule has 0 aliphatic heterocycles. The molecule has 0 spiro atoms. The number of pyridine rings is 1. The monoisotopic (exact) mass is 339 g/mol. The molecule has 0 aliphatic rings. The minimum absolute atomic E-state index is 0.278. The summed E-state index contributed by atoms with van der Waals surface area (Å²) in [6.45, 7) is 0.807. The van der Waals surface area contributed by atoms with E-state index in [9.17, 15) is 4.79 Å². The van der Waals surface area contributed by atoms with E-state index in [-0.39, 0.29) is 5.91 Å². The summed E-state index contributed by atoms with van der Waals surface area (Å²) in [4.78, 5) is 19.4. The van der Waals surface area contributed by atoms with Crippen LogP contribution in [-0.4, -0.2) is 29.0 Å². The van der Waals surface area contributed by atoms with Crippen molar-refractivity contribution < 1.29 is 4.79 Å². The first kappa shape index (κ1) is 15.8. The second-order valence-corrected chi connectivity index (χ2v) is 5.43. The molecule has 0 aliphatic carbocycles. The number of para-hydroxylation sites is 1. The molecule has 24 heavy (non-hydrogen) atoms. The second-order valence-electron chi connectivity index (χ2n) is 5.05. The number of anilines is 1. The Morgan fingerprint density at radius 3 is 2.88 bits per heavy atom. The zero-order valence-corrected chi connectivity index (χ0v) is 13.4. The van der Waals surface area contributed by atoms with E-state index in [1.165, 1.54) is 0 Å². The third kappa shape index (κ3) is 3.16. The third-order valence-corrected chi connectivity index (χ3v) is 3.89. The third-order valence-electron chi connectivity index (χ3n) is 3.50. The van der Waals surface area contributed by atoms with Crippen LogP contribution in [0.5, 0.6) is 0 Å². The number of rotatable bonds is 5. The molecule has 0 saturated carbocycles. The van der Waals surface area contributed by atoms with Crippen molar-refractivity contribution in [2.75, 3.05) is 18.4 Å². The Morgan fingerprint density at radius 1 is 1.25 bits per heavy atom. The van der Waals surface area contributed by atoms with Crippen LogP contribution >= 0.6 is 11.6 Å². The number of amides is 1. The largest absolute Gasteiger partial charge is 0.367 e. The first-order chi connectivity index (χ1) is 11.7. The van der Waals surface area contributed by atoms with Gasteiger partial charge in [-0.3, -0.25) is 4.79 Å². The van der Waals surface area contributed by atoms with Crippen molar-refractivity contribution in [3.63, 3.8) is 0 Å². The number of nitrogens with one attached hydrogen (secondary N) is 3. The number of fused-ring (bicyclic) bond motifs is 1. The number of nitrogens with zero attached hydrogens (tertiary/aromatic N) is 2. The molecule has 6 nitrogen and oxygen atoms in total. The molecule has 0 unspecified atom stereocenters. The van der Waals surface area contributed by atoms with Gasteiger partial charge in [0, 0.05) is 30.2 Å². The van der Waals surface area contributed by atoms with Crippen LogP contribution in [0.2, 0.25) is 5.02 Å². The standard InChI is InChI=1S/C17H14ClN5O/c18-14-12-5-1-2-6-13(12)23-15(14)17(24)22-9-8-21-16-11(10-19)4-3-7-20-16/h1-7,23H,8-9H2,(H,20,21)(H,22,24). The molecule has 3 rings (SSSR count). The maximum atomic E-state index is 12.2. The van der Waals surface area contributed by atoms with Gasteiger partial charge in [0.2, 0.25) is 0 Å². The molecule has 3 N–H and O–H groups in total. The van der Waals surface area contributed by atoms with Gasteiger partial charge in [0.25, 0.3) is 5.91 Å². The molecular formula is C17H14ClN5O. The molecule has 1 amide bonds. The SMILES string of the molecule is N#Cc1cccnc1NCCNC(=O)c1[nH]c2ccccc2c1Cl. The molecule has 0 atom stereocenters. The van der Waals surface area contributed by atoms with Crippen LogP contribution < -0.4 is 10.6 Å². The van der Waals surface area contributed by atoms with Gasteiger partial charge in [-0.25, -0.2) is 4.98 Å². The Hall–Kier alpha value is -3.04. The first-order valence-corrected chi connectivity index (χ1v) is 7.72. The van der Waals surface area contributed by atoms with E-state index in [4.69, 9.17) is 16.9 Å². The highest BCUT2D eigenvalue weighted by atomic mass is 35.5. The Labute approximate surface area is 143 Å². The van der Waals surface area contributed by atoms with Gasteiger partial charge in [0.05, 0.1) is 10.6 Å². The van der Waals surface area contributed by atoms with Gasteiger partial charge in [0.1, 0.15) is 17.6 Å². The molecule has 2 aromatic heterocycles. The summed E-state index contributed by atoms with van der Waals surface area (Å²) in [6.07, 6.45) is 1.60. The average molecular weight is 340 g/mol. The Bertz CT molecular complexity index is 928. The van der Waals surface area contributed by atoms with E-state index < -0.39 is 0 Å². The van der Waals surface area contributed by atoms with Crippen LogP contribution in [0.15, 0.2) is 42.6 Å². The van der Waals surface area contributed by atoms with Gasteiger partial charge < -0.3 is 15.6 Å². The van der Waals surface area contributed by atoms with Crippen molar-refractivity contribution in [1.82, 2.24) is 15.3 Å². The Morgan fingerprint density at radius 2 is 2.08 bits per heavy atom. The van der Waals surface area contributed by atoms with Crippen LogP contribution in [0, 0.1) is 11.3 Å². The predicted molar refractivity (Wildman–Crippen MR) is 93.1 cm³/mol. The molecule has 3 aromatic rings. The summed E-state index contributed by atoms with van der Waals surface area (Å²) in [6, 6.07) is 12.9. The van der Waals surface area contributed by atoms with Crippen molar-refractivity contribution in [3.8, 4) is 6.07 Å². The summed E-state index contributed by atoms with van der Waals surface area (Å²) in [5.74, 6) is 0.220. The van der Waals surface area contributed by atoms with Gasteiger partial charge in [-0.1, -0.05) is 29.8 Å². The molecule has 0 radical (unpaired) electrons. The summed E-state index contributed by atoms with van der Waals surface area (Å²) < 4.78 is 0. The molecule has 7 heteroatoms. The highest BCUT2D eigenvalue weighted by Crippen LogP contribution is 2.26. The van der Waals surface area contributed by atoms with E-state index in [0.717, 1.165) is 10.9 Å². The second kappa shape index (κ2) is 7.02. The predicted octanol–water partition coefficient (Wildman–Crippen LogP) is 2.93. The number of carbonyl (C=O) groups is 1. The van der Waals surface area contributed by atoms with Crippen LogP contribution in [0.25, 0.3) is 10.9 Å². The Balaban J connectivity index is 1.59. The summed E-state index contributed by atoms with van der Waals surface area (Å²) in [7, 11) is 0. The van der Waals surface area contributed by atoms with Crippen molar-refractivity contribution in [3.05, 3.63) is 58.9 Å². The van der Waals surface area contributed by atoms with Gasteiger partial charge in [-0.15, -0.1) is 0 Å². The number of nitriles is 1. The smallest absolute Gasteiger partial charge is 0.269 e. The van der Waals surface area contributed by atoms with E-state index in [1.807, 2.05) is 24.3 Å². The summed E-state index contributed by atoms with van der Waals surface area (Å²) in [5.41, 5.74) is 1.62. The lowest BCUT2D eigenvalue weighted by atomic mass is 10.2. The Kier molecular flexibility index (Phi) is 4.64. The van der Waals surface area contributed by atoms with Crippen molar-refractivity contribution in [2.45, 2.75) is 0 Å². The summed E-state index contributed by atoms with van der Waals surface area (Å²) >= 11 is 6.25. The van der Waals surface area contributed by atoms with Crippen LogP contribution in [0.4, 0.5) is 5.82 Å². The number of aromatic amines is 1. The fourth-order valence-corrected chi connectivity index (χ4v) is 2.64. The highest BCUT2D eigenvalue weighted by molar-refractivity contribution is 6.38. The van der Waals surface area contributed by atoms with E-state index in [2.05, 4.69) is 26.7 Å². The van der Waals surface area contributed by atoms with Crippen LogP contribution in [0.1, 0.15) is 16.1 Å². The molecule has 2 heterocycles. The topological polar surface area (TPSA) is 93.6 Å². The lowest BCUT2D eigenvalue weighted by Gasteiger charge is -2.08. The maximum Gasteiger partial charge on any atom is 0.269 e. The number of halogens is 1. The van der Waals surface area contributed by atoms with Gasteiger partial charge >= 0.3 is 0 Å². The zero-order valence-electron chi connectivity index (χ0n) is 12.6. The number of hydrogen-bond donors (Lipinski definition) is 3. The molecule has 0 bridgehead atoms. The average Bonchev–Trinajstić information content (AvgIpc) is 2.96. The van der Waals surface area contributed by atoms with Gasteiger partial charge in [-0.2, -0.15) is 5.26 Å². The first-order valence-electron chi connectivity index (χ1n) is 7.34. The number of benzene rings is 1. The van der Waals surface area contributed by atoms with Gasteiger partial charge in [0.15, 0.2) is 0 Å². The number of hydrogen-bond acceptors (Lipinski definition) is 4. The highest BCUT2D eigenvalue weighted by Gasteiger charge is 2.15. The number of carbonyl (C=O) groups excluding carboxylic acids is 1.